The van der Waals surface area contributed by atoms with Crippen LogP contribution in [-0.4, -0.2) is 14.9 Å². The highest BCUT2D eigenvalue weighted by Gasteiger charge is 2.17. The fourth-order valence-corrected chi connectivity index (χ4v) is 2.27. The van der Waals surface area contributed by atoms with Gasteiger partial charge in [-0.15, -0.1) is 0 Å². The first-order valence-electron chi connectivity index (χ1n) is 5.17. The van der Waals surface area contributed by atoms with Crippen LogP contribution in [0.2, 0.25) is 5.28 Å². The summed E-state index contributed by atoms with van der Waals surface area (Å²) in [7, 11) is 0. The highest BCUT2D eigenvalue weighted by atomic mass is 79.9. The molecule has 1 N–H and O–H groups in total. The van der Waals surface area contributed by atoms with E-state index in [9.17, 15) is 10.1 Å². The third kappa shape index (κ3) is 3.39. The Morgan fingerprint density at radius 2 is 2.16 bits per heavy atom. The average Bonchev–Trinajstić information content (AvgIpc) is 2.26. The molecule has 0 saturated heterocycles. The van der Waals surface area contributed by atoms with Crippen LogP contribution in [-0.2, 0) is 0 Å². The third-order valence-electron chi connectivity index (χ3n) is 2.24. The smallest absolute Gasteiger partial charge is 0.329 e. The molecule has 0 aliphatic carbocycles. The molecule has 1 aromatic carbocycles. The molecule has 8 heteroatoms. The Bertz CT molecular complexity index is 630. The van der Waals surface area contributed by atoms with Gasteiger partial charge in [-0.2, -0.15) is 4.98 Å². The van der Waals surface area contributed by atoms with E-state index < -0.39 is 4.92 Å². The van der Waals surface area contributed by atoms with Gasteiger partial charge in [0.05, 0.1) is 4.92 Å². The molecular weight excluding hydrogens is 336 g/mol. The summed E-state index contributed by atoms with van der Waals surface area (Å²) in [5.74, 6) is 0.0579. The van der Waals surface area contributed by atoms with Gasteiger partial charge in [0.25, 0.3) is 0 Å². The molecule has 0 atom stereocenters. The van der Waals surface area contributed by atoms with Gasteiger partial charge < -0.3 is 5.32 Å². The van der Waals surface area contributed by atoms with Crippen molar-refractivity contribution < 1.29 is 4.92 Å². The predicted octanol–water partition coefficient (Wildman–Crippen LogP) is 3.85. The Labute approximate surface area is 122 Å². The number of rotatable bonds is 3. The van der Waals surface area contributed by atoms with Gasteiger partial charge in [-0.3, -0.25) is 10.1 Å². The lowest BCUT2D eigenvalue weighted by molar-refractivity contribution is -0.384. The van der Waals surface area contributed by atoms with E-state index in [-0.39, 0.29) is 16.8 Å². The van der Waals surface area contributed by atoms with Crippen LogP contribution in [0.3, 0.4) is 0 Å². The second-order valence-electron chi connectivity index (χ2n) is 3.77. The van der Waals surface area contributed by atoms with Crippen molar-refractivity contribution >= 4 is 44.7 Å². The summed E-state index contributed by atoms with van der Waals surface area (Å²) in [6.07, 6.45) is 1.07. The molecule has 0 aliphatic heterocycles. The van der Waals surface area contributed by atoms with Crippen LogP contribution in [0.5, 0.6) is 0 Å². The summed E-state index contributed by atoms with van der Waals surface area (Å²) < 4.78 is 0.859. The first-order chi connectivity index (χ1) is 8.95. The Morgan fingerprint density at radius 3 is 2.79 bits per heavy atom. The van der Waals surface area contributed by atoms with Crippen LogP contribution in [0.15, 0.2) is 28.9 Å². The number of nitrogens with one attached hydrogen (secondary N) is 1. The quantitative estimate of drug-likeness (QED) is 0.520. The summed E-state index contributed by atoms with van der Waals surface area (Å²) in [6.45, 7) is 1.91. The van der Waals surface area contributed by atoms with Crippen molar-refractivity contribution in [1.29, 1.82) is 0 Å². The first-order valence-corrected chi connectivity index (χ1v) is 6.34. The Morgan fingerprint density at radius 1 is 1.42 bits per heavy atom. The summed E-state index contributed by atoms with van der Waals surface area (Å²) in [6, 6.07) is 5.55. The van der Waals surface area contributed by atoms with Crippen LogP contribution >= 0.6 is 27.5 Å². The van der Waals surface area contributed by atoms with Gasteiger partial charge in [0, 0.05) is 10.2 Å². The monoisotopic (exact) mass is 342 g/mol. The van der Waals surface area contributed by atoms with Crippen LogP contribution in [0, 0.1) is 17.0 Å². The molecule has 6 nitrogen and oxygen atoms in total. The highest BCUT2D eigenvalue weighted by Crippen LogP contribution is 2.27. The van der Waals surface area contributed by atoms with E-state index in [1.54, 1.807) is 6.07 Å². The molecule has 19 heavy (non-hydrogen) atoms. The number of anilines is 2. The molecular formula is C11H8BrClN4O2. The molecule has 0 bridgehead atoms. The molecule has 0 aliphatic rings. The van der Waals surface area contributed by atoms with Gasteiger partial charge in [-0.25, -0.2) is 4.98 Å². The van der Waals surface area contributed by atoms with Crippen LogP contribution in [0.4, 0.5) is 17.2 Å². The van der Waals surface area contributed by atoms with Crippen molar-refractivity contribution in [1.82, 2.24) is 9.97 Å². The Balaban J connectivity index is 2.42. The molecule has 0 fully saturated rings. The fraction of sp³-hybridized carbons (Fsp3) is 0.0909. The Kier molecular flexibility index (Phi) is 3.96. The lowest BCUT2D eigenvalue weighted by atomic mass is 10.2. The lowest BCUT2D eigenvalue weighted by Crippen LogP contribution is -2.01. The molecule has 0 saturated carbocycles. The van der Waals surface area contributed by atoms with E-state index in [1.807, 2.05) is 19.1 Å². The van der Waals surface area contributed by atoms with E-state index in [4.69, 9.17) is 11.6 Å². The maximum atomic E-state index is 10.9. The van der Waals surface area contributed by atoms with Gasteiger partial charge in [0.1, 0.15) is 6.20 Å². The van der Waals surface area contributed by atoms with E-state index in [1.165, 1.54) is 0 Å². The van der Waals surface area contributed by atoms with Crippen LogP contribution in [0.25, 0.3) is 0 Å². The second kappa shape index (κ2) is 5.50. The highest BCUT2D eigenvalue weighted by molar-refractivity contribution is 9.10. The van der Waals surface area contributed by atoms with Crippen LogP contribution in [0.1, 0.15) is 5.56 Å². The van der Waals surface area contributed by atoms with Crippen LogP contribution < -0.4 is 5.32 Å². The van der Waals surface area contributed by atoms with Gasteiger partial charge in [0.2, 0.25) is 11.1 Å². The SMILES string of the molecule is Cc1cc(Br)cc(Nc2nc(Cl)ncc2[N+](=O)[O-])c1. The van der Waals surface area contributed by atoms with Crippen molar-refractivity contribution in [2.45, 2.75) is 6.92 Å². The molecule has 98 valence electrons. The van der Waals surface area contributed by atoms with Gasteiger partial charge >= 0.3 is 5.69 Å². The molecule has 2 aromatic rings. The Hall–Kier alpha value is -1.73. The minimum atomic E-state index is -0.566. The average molecular weight is 344 g/mol. The number of aromatic nitrogens is 2. The number of benzene rings is 1. The zero-order valence-electron chi connectivity index (χ0n) is 9.72. The predicted molar refractivity (Wildman–Crippen MR) is 75.9 cm³/mol. The van der Waals surface area contributed by atoms with E-state index >= 15 is 0 Å². The fourth-order valence-electron chi connectivity index (χ4n) is 1.52. The van der Waals surface area contributed by atoms with Gasteiger partial charge in [-0.05, 0) is 42.3 Å². The number of nitro groups is 1. The van der Waals surface area contributed by atoms with E-state index in [2.05, 4.69) is 31.2 Å². The van der Waals surface area contributed by atoms with Crippen molar-refractivity contribution in [2.75, 3.05) is 5.32 Å². The van der Waals surface area contributed by atoms with Crippen molar-refractivity contribution in [3.8, 4) is 0 Å². The number of aryl methyl sites for hydroxylation is 1. The number of hydrogen-bond donors (Lipinski definition) is 1. The minimum Gasteiger partial charge on any atom is -0.334 e. The maximum Gasteiger partial charge on any atom is 0.329 e. The molecule has 0 unspecified atom stereocenters. The number of hydrogen-bond acceptors (Lipinski definition) is 5. The third-order valence-corrected chi connectivity index (χ3v) is 2.88. The topological polar surface area (TPSA) is 81.0 Å². The molecule has 0 radical (unpaired) electrons. The summed E-state index contributed by atoms with van der Waals surface area (Å²) in [5, 5.41) is 13.7. The van der Waals surface area contributed by atoms with Crippen molar-refractivity contribution in [3.63, 3.8) is 0 Å². The molecule has 0 amide bonds. The molecule has 1 heterocycles. The maximum absolute atomic E-state index is 10.9. The largest absolute Gasteiger partial charge is 0.334 e. The van der Waals surface area contributed by atoms with Gasteiger partial charge in [0.15, 0.2) is 0 Å². The number of nitrogens with zero attached hydrogens (tertiary/aromatic N) is 3. The summed E-state index contributed by atoms with van der Waals surface area (Å²) >= 11 is 9.01. The van der Waals surface area contributed by atoms with Gasteiger partial charge in [-0.1, -0.05) is 15.9 Å². The normalized spacial score (nSPS) is 10.3. The van der Waals surface area contributed by atoms with Crippen molar-refractivity contribution in [3.05, 3.63) is 49.8 Å². The zero-order chi connectivity index (χ0) is 14.0. The second-order valence-corrected chi connectivity index (χ2v) is 5.03. The standard InChI is InChI=1S/C11H8BrClN4O2/c1-6-2-7(12)4-8(3-6)15-10-9(17(18)19)5-14-11(13)16-10/h2-5H,1H3,(H,14,15,16). The lowest BCUT2D eigenvalue weighted by Gasteiger charge is -2.07. The summed E-state index contributed by atoms with van der Waals surface area (Å²) in [5.41, 5.74) is 1.44. The van der Waals surface area contributed by atoms with E-state index in [0.29, 0.717) is 5.69 Å². The van der Waals surface area contributed by atoms with E-state index in [0.717, 1.165) is 16.2 Å². The molecule has 2 rings (SSSR count). The number of halogens is 2. The zero-order valence-corrected chi connectivity index (χ0v) is 12.1. The molecule has 0 spiro atoms. The van der Waals surface area contributed by atoms with Crippen molar-refractivity contribution in [2.24, 2.45) is 0 Å². The summed E-state index contributed by atoms with van der Waals surface area (Å²) in [4.78, 5) is 17.8. The minimum absolute atomic E-state index is 0.0557. The first kappa shape index (κ1) is 13.7. The molecule has 1 aromatic heterocycles.